The van der Waals surface area contributed by atoms with Gasteiger partial charge in [0, 0.05) is 44.3 Å². The third kappa shape index (κ3) is 4.26. The summed E-state index contributed by atoms with van der Waals surface area (Å²) >= 11 is 0. The van der Waals surface area contributed by atoms with E-state index in [-0.39, 0.29) is 5.75 Å². The van der Waals surface area contributed by atoms with Crippen LogP contribution in [-0.2, 0) is 12.8 Å². The molecule has 0 saturated carbocycles. The van der Waals surface area contributed by atoms with Crippen LogP contribution in [0.5, 0.6) is 5.75 Å². The van der Waals surface area contributed by atoms with Gasteiger partial charge in [0.1, 0.15) is 0 Å². The Hall–Kier alpha value is -2.63. The number of unbranched alkanes of at least 4 members (excludes halogenated alkanes) is 1. The van der Waals surface area contributed by atoms with Crippen molar-refractivity contribution >= 4 is 11.8 Å². The zero-order chi connectivity index (χ0) is 17.6. The number of amides is 1. The highest BCUT2D eigenvalue weighted by Gasteiger charge is 2.22. The zero-order valence-corrected chi connectivity index (χ0v) is 14.3. The van der Waals surface area contributed by atoms with Gasteiger partial charge in [-0.3, -0.25) is 4.98 Å². The van der Waals surface area contributed by atoms with Crippen molar-refractivity contribution in [2.75, 3.05) is 25.0 Å². The summed E-state index contributed by atoms with van der Waals surface area (Å²) in [6.45, 7) is 1.76. The molecule has 1 aliphatic rings. The molecule has 1 aliphatic heterocycles. The molecule has 0 aliphatic carbocycles. The van der Waals surface area contributed by atoms with E-state index in [1.807, 2.05) is 24.5 Å². The average molecular weight is 343 g/mol. The first-order chi connectivity index (χ1) is 12.2. The van der Waals surface area contributed by atoms with Crippen LogP contribution in [0.2, 0.25) is 0 Å². The first kappa shape index (κ1) is 17.2. The maximum atomic E-state index is 14.2. The largest absolute Gasteiger partial charge is 0.412 e. The standard InChI is InChI=1S/C19H22FN3O2/c1-21-19(24)25-18-12-15-7-11-23(17(15)13-16(18)20)10-3-2-4-14-5-8-22-9-6-14/h5-6,8-9,12-13H,2-4,7,10-11H2,1H3,(H,21,24). The van der Waals surface area contributed by atoms with Gasteiger partial charge < -0.3 is 15.0 Å². The number of halogens is 1. The maximum Gasteiger partial charge on any atom is 0.412 e. The Kier molecular flexibility index (Phi) is 5.48. The molecule has 5 nitrogen and oxygen atoms in total. The van der Waals surface area contributed by atoms with Crippen LogP contribution in [0.4, 0.5) is 14.9 Å². The molecule has 132 valence electrons. The van der Waals surface area contributed by atoms with E-state index in [0.717, 1.165) is 50.0 Å². The number of rotatable bonds is 6. The molecule has 2 aromatic rings. The fourth-order valence-electron chi connectivity index (χ4n) is 3.10. The van der Waals surface area contributed by atoms with Crippen LogP contribution in [0.15, 0.2) is 36.7 Å². The molecule has 25 heavy (non-hydrogen) atoms. The van der Waals surface area contributed by atoms with Crippen molar-refractivity contribution in [3.05, 3.63) is 53.6 Å². The maximum absolute atomic E-state index is 14.2. The third-order valence-corrected chi connectivity index (χ3v) is 4.42. The molecule has 0 bridgehead atoms. The molecule has 0 fully saturated rings. The van der Waals surface area contributed by atoms with Gasteiger partial charge in [0.25, 0.3) is 0 Å². The third-order valence-electron chi connectivity index (χ3n) is 4.42. The molecule has 0 radical (unpaired) electrons. The first-order valence-electron chi connectivity index (χ1n) is 8.53. The Morgan fingerprint density at radius 3 is 2.88 bits per heavy atom. The normalized spacial score (nSPS) is 12.8. The molecular weight excluding hydrogens is 321 g/mol. The summed E-state index contributed by atoms with van der Waals surface area (Å²) in [5.41, 5.74) is 3.22. The SMILES string of the molecule is CNC(=O)Oc1cc2c(cc1F)N(CCCCc1ccncc1)CC2. The highest BCUT2D eigenvalue weighted by atomic mass is 19.1. The number of fused-ring (bicyclic) bond motifs is 1. The number of nitrogens with zero attached hydrogens (tertiary/aromatic N) is 2. The fraction of sp³-hybridized carbons (Fsp3) is 0.368. The Bertz CT molecular complexity index is 737. The number of nitrogens with one attached hydrogen (secondary N) is 1. The van der Waals surface area contributed by atoms with Crippen LogP contribution in [0.3, 0.4) is 0 Å². The molecular formula is C19H22FN3O2. The first-order valence-corrected chi connectivity index (χ1v) is 8.53. The van der Waals surface area contributed by atoms with Crippen molar-refractivity contribution < 1.29 is 13.9 Å². The van der Waals surface area contributed by atoms with Gasteiger partial charge in [0.2, 0.25) is 0 Å². The van der Waals surface area contributed by atoms with E-state index in [9.17, 15) is 9.18 Å². The summed E-state index contributed by atoms with van der Waals surface area (Å²) in [5, 5.41) is 2.32. The molecule has 3 rings (SSSR count). The van der Waals surface area contributed by atoms with Crippen LogP contribution < -0.4 is 15.0 Å². The van der Waals surface area contributed by atoms with Crippen molar-refractivity contribution in [2.24, 2.45) is 0 Å². The number of anilines is 1. The zero-order valence-electron chi connectivity index (χ0n) is 14.3. The van der Waals surface area contributed by atoms with Gasteiger partial charge in [-0.2, -0.15) is 0 Å². The lowest BCUT2D eigenvalue weighted by Gasteiger charge is -2.19. The molecule has 6 heteroatoms. The number of benzene rings is 1. The second-order valence-corrected chi connectivity index (χ2v) is 6.10. The van der Waals surface area contributed by atoms with Gasteiger partial charge >= 0.3 is 6.09 Å². The minimum atomic E-state index is -0.662. The summed E-state index contributed by atoms with van der Waals surface area (Å²) < 4.78 is 19.1. The molecule has 0 saturated heterocycles. The topological polar surface area (TPSA) is 54.5 Å². The summed E-state index contributed by atoms with van der Waals surface area (Å²) in [7, 11) is 1.45. The molecule has 0 spiro atoms. The van der Waals surface area contributed by atoms with Crippen molar-refractivity contribution in [2.45, 2.75) is 25.7 Å². The van der Waals surface area contributed by atoms with E-state index in [2.05, 4.69) is 15.2 Å². The molecule has 0 unspecified atom stereocenters. The van der Waals surface area contributed by atoms with Gasteiger partial charge in [-0.25, -0.2) is 9.18 Å². The lowest BCUT2D eigenvalue weighted by molar-refractivity contribution is 0.201. The number of ether oxygens (including phenoxy) is 1. The van der Waals surface area contributed by atoms with E-state index >= 15 is 0 Å². The molecule has 0 atom stereocenters. The molecule has 2 heterocycles. The molecule has 1 N–H and O–H groups in total. The lowest BCUT2D eigenvalue weighted by atomic mass is 10.1. The Morgan fingerprint density at radius 2 is 2.12 bits per heavy atom. The fourth-order valence-corrected chi connectivity index (χ4v) is 3.10. The molecule has 1 aromatic heterocycles. The molecule has 1 amide bonds. The van der Waals surface area contributed by atoms with Crippen molar-refractivity contribution in [1.82, 2.24) is 10.3 Å². The molecule has 1 aromatic carbocycles. The van der Waals surface area contributed by atoms with E-state index in [0.29, 0.717) is 0 Å². The Balaban J connectivity index is 1.56. The Labute approximate surface area is 146 Å². The van der Waals surface area contributed by atoms with E-state index in [4.69, 9.17) is 4.74 Å². The smallest absolute Gasteiger partial charge is 0.407 e. The number of aryl methyl sites for hydroxylation is 1. The summed E-state index contributed by atoms with van der Waals surface area (Å²) in [4.78, 5) is 17.5. The predicted octanol–water partition coefficient (Wildman–Crippen LogP) is 3.32. The summed E-state index contributed by atoms with van der Waals surface area (Å²) in [5.74, 6) is -0.524. The lowest BCUT2D eigenvalue weighted by Crippen LogP contribution is -2.23. The van der Waals surface area contributed by atoms with Crippen LogP contribution in [-0.4, -0.2) is 31.2 Å². The number of carbonyl (C=O) groups is 1. The second kappa shape index (κ2) is 7.96. The van der Waals surface area contributed by atoms with Gasteiger partial charge in [-0.1, -0.05) is 0 Å². The number of aromatic nitrogens is 1. The minimum Gasteiger partial charge on any atom is -0.407 e. The quantitative estimate of drug-likeness (QED) is 0.818. The van der Waals surface area contributed by atoms with Crippen molar-refractivity contribution in [3.63, 3.8) is 0 Å². The van der Waals surface area contributed by atoms with Crippen LogP contribution >= 0.6 is 0 Å². The van der Waals surface area contributed by atoms with E-state index in [1.165, 1.54) is 18.7 Å². The summed E-state index contributed by atoms with van der Waals surface area (Å²) in [6.07, 6.45) is 6.95. The second-order valence-electron chi connectivity index (χ2n) is 6.10. The van der Waals surface area contributed by atoms with Crippen LogP contribution in [0.25, 0.3) is 0 Å². The van der Waals surface area contributed by atoms with E-state index in [1.54, 1.807) is 6.07 Å². The monoisotopic (exact) mass is 343 g/mol. The van der Waals surface area contributed by atoms with Gasteiger partial charge in [-0.05, 0) is 55.0 Å². The van der Waals surface area contributed by atoms with Gasteiger partial charge in [0.05, 0.1) is 0 Å². The van der Waals surface area contributed by atoms with Crippen molar-refractivity contribution in [3.8, 4) is 5.75 Å². The van der Waals surface area contributed by atoms with E-state index < -0.39 is 11.9 Å². The average Bonchev–Trinajstić information content (AvgIpc) is 3.01. The summed E-state index contributed by atoms with van der Waals surface area (Å²) in [6, 6.07) is 7.18. The highest BCUT2D eigenvalue weighted by molar-refractivity contribution is 5.71. The van der Waals surface area contributed by atoms with Gasteiger partial charge in [-0.15, -0.1) is 0 Å². The number of carbonyl (C=O) groups excluding carboxylic acids is 1. The Morgan fingerprint density at radius 1 is 1.32 bits per heavy atom. The number of pyridine rings is 1. The van der Waals surface area contributed by atoms with Crippen LogP contribution in [0.1, 0.15) is 24.0 Å². The van der Waals surface area contributed by atoms with Gasteiger partial charge in [0.15, 0.2) is 11.6 Å². The predicted molar refractivity (Wildman–Crippen MR) is 94.6 cm³/mol. The van der Waals surface area contributed by atoms with Crippen LogP contribution in [0, 0.1) is 5.82 Å². The number of hydrogen-bond acceptors (Lipinski definition) is 4. The van der Waals surface area contributed by atoms with Crippen molar-refractivity contribution in [1.29, 1.82) is 0 Å². The minimum absolute atomic E-state index is 0.0161. The number of hydrogen-bond donors (Lipinski definition) is 1. The highest BCUT2D eigenvalue weighted by Crippen LogP contribution is 2.33.